The second-order valence-corrected chi connectivity index (χ2v) is 4.07. The van der Waals surface area contributed by atoms with Crippen LogP contribution in [0.2, 0.25) is 0 Å². The minimum Gasteiger partial charge on any atom is -0.337 e. The van der Waals surface area contributed by atoms with Crippen LogP contribution in [0.3, 0.4) is 0 Å². The van der Waals surface area contributed by atoms with Crippen LogP contribution in [0.25, 0.3) is 0 Å². The van der Waals surface area contributed by atoms with Gasteiger partial charge < -0.3 is 10.2 Å². The van der Waals surface area contributed by atoms with Gasteiger partial charge in [0.1, 0.15) is 0 Å². The van der Waals surface area contributed by atoms with Crippen molar-refractivity contribution in [1.29, 1.82) is 0 Å². The second kappa shape index (κ2) is 4.33. The van der Waals surface area contributed by atoms with Crippen molar-refractivity contribution >= 4 is 6.03 Å². The molecule has 3 nitrogen and oxygen atoms in total. The molecule has 0 aromatic rings. The van der Waals surface area contributed by atoms with Crippen molar-refractivity contribution < 1.29 is 4.79 Å². The summed E-state index contributed by atoms with van der Waals surface area (Å²) >= 11 is 0. The van der Waals surface area contributed by atoms with E-state index in [9.17, 15) is 4.79 Å². The van der Waals surface area contributed by atoms with Crippen molar-refractivity contribution in [3.05, 3.63) is 0 Å². The van der Waals surface area contributed by atoms with E-state index in [0.717, 1.165) is 13.0 Å². The van der Waals surface area contributed by atoms with E-state index in [4.69, 9.17) is 0 Å². The molecule has 12 heavy (non-hydrogen) atoms. The van der Waals surface area contributed by atoms with Gasteiger partial charge in [-0.25, -0.2) is 4.79 Å². The fourth-order valence-electron chi connectivity index (χ4n) is 0.598. The molecule has 0 aromatic heterocycles. The van der Waals surface area contributed by atoms with Crippen LogP contribution in [0.5, 0.6) is 0 Å². The second-order valence-electron chi connectivity index (χ2n) is 4.07. The maximum Gasteiger partial charge on any atom is 0.316 e. The van der Waals surface area contributed by atoms with Crippen molar-refractivity contribution in [3.8, 4) is 0 Å². The molecule has 1 N–H and O–H groups in total. The average Bonchev–Trinajstić information content (AvgIpc) is 2.00. The number of urea groups is 1. The summed E-state index contributed by atoms with van der Waals surface area (Å²) in [5, 5.41) is 2.86. The van der Waals surface area contributed by atoms with Gasteiger partial charge in [0.15, 0.2) is 0 Å². The Bertz CT molecular complexity index is 153. The van der Waals surface area contributed by atoms with E-state index in [1.807, 2.05) is 0 Å². The zero-order valence-electron chi connectivity index (χ0n) is 8.77. The molecule has 0 saturated carbocycles. The molecule has 0 atom stereocenters. The summed E-state index contributed by atoms with van der Waals surface area (Å²) in [5.41, 5.74) is 0.200. The van der Waals surface area contributed by atoms with Gasteiger partial charge in [0.25, 0.3) is 0 Å². The van der Waals surface area contributed by atoms with E-state index in [0.29, 0.717) is 0 Å². The van der Waals surface area contributed by atoms with Crippen molar-refractivity contribution in [1.82, 2.24) is 10.2 Å². The number of nitrogens with one attached hydrogen (secondary N) is 1. The Kier molecular flexibility index (Phi) is 4.07. The van der Waals surface area contributed by atoms with Crippen LogP contribution >= 0.6 is 0 Å². The molecule has 3 heteroatoms. The summed E-state index contributed by atoms with van der Waals surface area (Å²) < 4.78 is 0. The molecule has 0 saturated heterocycles. The fraction of sp³-hybridized carbons (Fsp3) is 0.889. The molecule has 0 bridgehead atoms. The SMILES string of the molecule is CCC(C)(C)CNC(=O)N(C)C. The van der Waals surface area contributed by atoms with Gasteiger partial charge in [0.2, 0.25) is 0 Å². The first-order valence-electron chi connectivity index (χ1n) is 4.34. The van der Waals surface area contributed by atoms with Gasteiger partial charge in [-0.2, -0.15) is 0 Å². The quantitative estimate of drug-likeness (QED) is 0.690. The first-order chi connectivity index (χ1) is 5.39. The fourth-order valence-corrected chi connectivity index (χ4v) is 0.598. The average molecular weight is 172 g/mol. The minimum atomic E-state index is -0.0171. The molecule has 0 fully saturated rings. The Hall–Kier alpha value is -0.730. The summed E-state index contributed by atoms with van der Waals surface area (Å²) in [4.78, 5) is 12.7. The molecule has 0 aliphatic rings. The highest BCUT2D eigenvalue weighted by Gasteiger charge is 2.16. The Morgan fingerprint density at radius 2 is 1.92 bits per heavy atom. The predicted molar refractivity (Wildman–Crippen MR) is 51.2 cm³/mol. The summed E-state index contributed by atoms with van der Waals surface area (Å²) in [6, 6.07) is -0.0171. The normalized spacial score (nSPS) is 11.1. The van der Waals surface area contributed by atoms with E-state index < -0.39 is 0 Å². The van der Waals surface area contributed by atoms with E-state index in [1.54, 1.807) is 19.0 Å². The third-order valence-electron chi connectivity index (χ3n) is 2.08. The smallest absolute Gasteiger partial charge is 0.316 e. The van der Waals surface area contributed by atoms with Crippen LogP contribution in [-0.4, -0.2) is 31.6 Å². The Labute approximate surface area is 75.1 Å². The molecule has 0 spiro atoms. The summed E-state index contributed by atoms with van der Waals surface area (Å²) in [7, 11) is 3.49. The lowest BCUT2D eigenvalue weighted by molar-refractivity contribution is 0.210. The van der Waals surface area contributed by atoms with E-state index in [1.165, 1.54) is 0 Å². The van der Waals surface area contributed by atoms with Crippen LogP contribution in [0, 0.1) is 5.41 Å². The molecule has 0 aromatic carbocycles. The number of nitrogens with zero attached hydrogens (tertiary/aromatic N) is 1. The molecule has 0 aliphatic heterocycles. The molecule has 0 unspecified atom stereocenters. The summed E-state index contributed by atoms with van der Waals surface area (Å²) in [6.07, 6.45) is 1.07. The Balaban J connectivity index is 3.76. The largest absolute Gasteiger partial charge is 0.337 e. The number of hydrogen-bond donors (Lipinski definition) is 1. The molecule has 72 valence electrons. The molecule has 0 heterocycles. The maximum atomic E-state index is 11.1. The number of rotatable bonds is 3. The van der Waals surface area contributed by atoms with Crippen LogP contribution in [0.15, 0.2) is 0 Å². The third-order valence-corrected chi connectivity index (χ3v) is 2.08. The molecule has 0 radical (unpaired) electrons. The number of amides is 2. The molecule has 0 aliphatic carbocycles. The zero-order chi connectivity index (χ0) is 9.78. The first kappa shape index (κ1) is 11.3. The van der Waals surface area contributed by atoms with Crippen molar-refractivity contribution in [2.45, 2.75) is 27.2 Å². The summed E-state index contributed by atoms with van der Waals surface area (Å²) in [5.74, 6) is 0. The van der Waals surface area contributed by atoms with Gasteiger partial charge in [-0.15, -0.1) is 0 Å². The van der Waals surface area contributed by atoms with Gasteiger partial charge in [-0.1, -0.05) is 20.8 Å². The first-order valence-corrected chi connectivity index (χ1v) is 4.34. The number of hydrogen-bond acceptors (Lipinski definition) is 1. The van der Waals surface area contributed by atoms with Crippen molar-refractivity contribution in [2.75, 3.05) is 20.6 Å². The standard InChI is InChI=1S/C9H20N2O/c1-6-9(2,3)7-10-8(12)11(4)5/h6-7H2,1-5H3,(H,10,12). The highest BCUT2D eigenvalue weighted by molar-refractivity contribution is 5.73. The monoisotopic (exact) mass is 172 g/mol. The number of carbonyl (C=O) groups excluding carboxylic acids is 1. The van der Waals surface area contributed by atoms with Gasteiger partial charge in [-0.05, 0) is 11.8 Å². The van der Waals surface area contributed by atoms with E-state index in [-0.39, 0.29) is 11.4 Å². The predicted octanol–water partition coefficient (Wildman–Crippen LogP) is 1.69. The van der Waals surface area contributed by atoms with Crippen molar-refractivity contribution in [3.63, 3.8) is 0 Å². The van der Waals surface area contributed by atoms with E-state index in [2.05, 4.69) is 26.1 Å². The molecule has 2 amide bonds. The van der Waals surface area contributed by atoms with Crippen LogP contribution in [0.4, 0.5) is 4.79 Å². The van der Waals surface area contributed by atoms with Gasteiger partial charge >= 0.3 is 6.03 Å². The maximum absolute atomic E-state index is 11.1. The topological polar surface area (TPSA) is 32.3 Å². The number of carbonyl (C=O) groups is 1. The molecule has 0 rings (SSSR count). The van der Waals surface area contributed by atoms with Gasteiger partial charge in [-0.3, -0.25) is 0 Å². The van der Waals surface area contributed by atoms with Crippen LogP contribution in [0.1, 0.15) is 27.2 Å². The minimum absolute atomic E-state index is 0.0171. The van der Waals surface area contributed by atoms with Gasteiger partial charge in [0, 0.05) is 20.6 Å². The lowest BCUT2D eigenvalue weighted by Crippen LogP contribution is -2.39. The molecular weight excluding hydrogens is 152 g/mol. The summed E-state index contributed by atoms with van der Waals surface area (Å²) in [6.45, 7) is 7.15. The van der Waals surface area contributed by atoms with E-state index >= 15 is 0 Å². The Morgan fingerprint density at radius 3 is 2.25 bits per heavy atom. The lowest BCUT2D eigenvalue weighted by Gasteiger charge is -2.24. The highest BCUT2D eigenvalue weighted by Crippen LogP contribution is 2.17. The van der Waals surface area contributed by atoms with Gasteiger partial charge in [0.05, 0.1) is 0 Å². The molecular formula is C9H20N2O. The lowest BCUT2D eigenvalue weighted by atomic mass is 9.90. The third kappa shape index (κ3) is 4.21. The van der Waals surface area contributed by atoms with Crippen LogP contribution < -0.4 is 5.32 Å². The van der Waals surface area contributed by atoms with Crippen molar-refractivity contribution in [2.24, 2.45) is 5.41 Å². The highest BCUT2D eigenvalue weighted by atomic mass is 16.2. The Morgan fingerprint density at radius 1 is 1.42 bits per heavy atom. The zero-order valence-corrected chi connectivity index (χ0v) is 8.77. The van der Waals surface area contributed by atoms with Crippen LogP contribution in [-0.2, 0) is 0 Å².